The Hall–Kier alpha value is -1.85. The van der Waals surface area contributed by atoms with Crippen LogP contribution in [0.2, 0.25) is 5.15 Å². The van der Waals surface area contributed by atoms with Crippen LogP contribution in [0, 0.1) is 0 Å². The third-order valence-electron chi connectivity index (χ3n) is 3.78. The molecule has 116 valence electrons. The van der Waals surface area contributed by atoms with Crippen molar-refractivity contribution < 1.29 is 5.11 Å². The fraction of sp³-hybridized carbons (Fsp3) is 0.375. The topological polar surface area (TPSA) is 61.3 Å². The Bertz CT molecular complexity index is 617. The number of nitrogens with zero attached hydrogens (tertiary/aromatic N) is 3. The van der Waals surface area contributed by atoms with Gasteiger partial charge in [-0.1, -0.05) is 41.9 Å². The van der Waals surface area contributed by atoms with E-state index in [-0.39, 0.29) is 12.6 Å². The normalized spacial score (nSPS) is 15.8. The maximum Gasteiger partial charge on any atom is 0.228 e. The minimum absolute atomic E-state index is 0.0231. The van der Waals surface area contributed by atoms with E-state index in [2.05, 4.69) is 20.2 Å². The molecule has 1 aliphatic rings. The summed E-state index contributed by atoms with van der Waals surface area (Å²) in [6.45, 7) is 1.90. The Labute approximate surface area is 135 Å². The molecule has 2 heterocycles. The van der Waals surface area contributed by atoms with E-state index >= 15 is 0 Å². The number of nitrogens with one attached hydrogen (secondary N) is 1. The lowest BCUT2D eigenvalue weighted by atomic mass is 10.1. The largest absolute Gasteiger partial charge is 0.394 e. The van der Waals surface area contributed by atoms with Crippen LogP contribution in [-0.2, 0) is 0 Å². The summed E-state index contributed by atoms with van der Waals surface area (Å²) in [6.07, 6.45) is 2.31. The fourth-order valence-corrected chi connectivity index (χ4v) is 2.82. The second kappa shape index (κ2) is 6.94. The minimum Gasteiger partial charge on any atom is -0.394 e. The Morgan fingerprint density at radius 2 is 1.91 bits per heavy atom. The van der Waals surface area contributed by atoms with Gasteiger partial charge in [0.2, 0.25) is 5.95 Å². The molecule has 0 aliphatic carbocycles. The Balaban J connectivity index is 1.81. The number of hydrogen-bond acceptors (Lipinski definition) is 5. The quantitative estimate of drug-likeness (QED) is 0.830. The second-order valence-electron chi connectivity index (χ2n) is 5.36. The van der Waals surface area contributed by atoms with Crippen molar-refractivity contribution in [2.75, 3.05) is 29.9 Å². The maximum atomic E-state index is 9.64. The van der Waals surface area contributed by atoms with Gasteiger partial charge >= 0.3 is 0 Å². The molecule has 1 aromatic carbocycles. The van der Waals surface area contributed by atoms with E-state index < -0.39 is 0 Å². The monoisotopic (exact) mass is 318 g/mol. The molecule has 2 N–H and O–H groups in total. The average Bonchev–Trinajstić information content (AvgIpc) is 3.07. The fourth-order valence-electron chi connectivity index (χ4n) is 2.64. The molecule has 1 fully saturated rings. The minimum atomic E-state index is -0.224. The number of hydrogen-bond donors (Lipinski definition) is 2. The molecule has 0 saturated carbocycles. The lowest BCUT2D eigenvalue weighted by Crippen LogP contribution is -2.22. The summed E-state index contributed by atoms with van der Waals surface area (Å²) in [7, 11) is 0. The lowest BCUT2D eigenvalue weighted by Gasteiger charge is -2.20. The molecule has 1 saturated heterocycles. The van der Waals surface area contributed by atoms with Crippen molar-refractivity contribution >= 4 is 23.4 Å². The number of aliphatic hydroxyl groups excluding tert-OH is 1. The van der Waals surface area contributed by atoms with Crippen LogP contribution in [0.3, 0.4) is 0 Å². The zero-order valence-electron chi connectivity index (χ0n) is 12.2. The first-order valence-electron chi connectivity index (χ1n) is 7.48. The number of rotatable bonds is 5. The SMILES string of the molecule is OCC(Nc1cc(Cl)nc(N2CCCC2)n1)c1ccccc1. The highest BCUT2D eigenvalue weighted by atomic mass is 35.5. The van der Waals surface area contributed by atoms with E-state index in [1.54, 1.807) is 6.07 Å². The van der Waals surface area contributed by atoms with Gasteiger partial charge in [-0.15, -0.1) is 0 Å². The Morgan fingerprint density at radius 3 is 2.59 bits per heavy atom. The molecule has 5 nitrogen and oxygen atoms in total. The van der Waals surface area contributed by atoms with Gasteiger partial charge in [0.25, 0.3) is 0 Å². The Kier molecular flexibility index (Phi) is 4.75. The number of halogens is 1. The molecule has 0 amide bonds. The molecule has 1 atom stereocenters. The van der Waals surface area contributed by atoms with Gasteiger partial charge in [-0.05, 0) is 18.4 Å². The van der Waals surface area contributed by atoms with Crippen molar-refractivity contribution in [1.29, 1.82) is 0 Å². The number of anilines is 2. The number of aliphatic hydroxyl groups is 1. The molecule has 0 spiro atoms. The second-order valence-corrected chi connectivity index (χ2v) is 5.75. The molecule has 2 aromatic rings. The highest BCUT2D eigenvalue weighted by Gasteiger charge is 2.17. The highest BCUT2D eigenvalue weighted by Crippen LogP contribution is 2.24. The standard InChI is InChI=1S/C16H19ClN4O/c17-14-10-15(20-16(19-14)21-8-4-5-9-21)18-13(11-22)12-6-2-1-3-7-12/h1-3,6-7,10,13,22H,4-5,8-9,11H2,(H,18,19,20). The average molecular weight is 319 g/mol. The molecule has 0 radical (unpaired) electrons. The first-order chi connectivity index (χ1) is 10.8. The van der Waals surface area contributed by atoms with Gasteiger partial charge in [0.05, 0.1) is 12.6 Å². The third-order valence-corrected chi connectivity index (χ3v) is 3.97. The molecule has 1 aliphatic heterocycles. The van der Waals surface area contributed by atoms with Crippen LogP contribution in [0.1, 0.15) is 24.4 Å². The smallest absolute Gasteiger partial charge is 0.228 e. The lowest BCUT2D eigenvalue weighted by molar-refractivity contribution is 0.276. The summed E-state index contributed by atoms with van der Waals surface area (Å²) in [5.74, 6) is 1.28. The molecule has 22 heavy (non-hydrogen) atoms. The van der Waals surface area contributed by atoms with Crippen LogP contribution in [0.15, 0.2) is 36.4 Å². The van der Waals surface area contributed by atoms with Crippen LogP contribution < -0.4 is 10.2 Å². The van der Waals surface area contributed by atoms with Crippen molar-refractivity contribution in [2.45, 2.75) is 18.9 Å². The summed E-state index contributed by atoms with van der Waals surface area (Å²) in [5, 5.41) is 13.3. The van der Waals surface area contributed by atoms with Crippen LogP contribution in [0.25, 0.3) is 0 Å². The summed E-state index contributed by atoms with van der Waals surface area (Å²) < 4.78 is 0. The van der Waals surface area contributed by atoms with E-state index in [0.717, 1.165) is 31.5 Å². The zero-order chi connectivity index (χ0) is 15.4. The van der Waals surface area contributed by atoms with E-state index in [1.165, 1.54) is 0 Å². The van der Waals surface area contributed by atoms with Crippen LogP contribution >= 0.6 is 11.6 Å². The maximum absolute atomic E-state index is 9.64. The first-order valence-corrected chi connectivity index (χ1v) is 7.86. The van der Waals surface area contributed by atoms with Gasteiger partial charge in [-0.25, -0.2) is 4.98 Å². The molecule has 3 rings (SSSR count). The van der Waals surface area contributed by atoms with E-state index in [9.17, 15) is 5.11 Å². The summed E-state index contributed by atoms with van der Waals surface area (Å²) in [4.78, 5) is 11.0. The number of benzene rings is 1. The van der Waals surface area contributed by atoms with Gasteiger partial charge < -0.3 is 15.3 Å². The third kappa shape index (κ3) is 3.48. The summed E-state index contributed by atoms with van der Waals surface area (Å²) in [6, 6.07) is 11.2. The Morgan fingerprint density at radius 1 is 1.18 bits per heavy atom. The molecular formula is C16H19ClN4O. The van der Waals surface area contributed by atoms with Crippen molar-refractivity contribution in [3.63, 3.8) is 0 Å². The molecule has 6 heteroatoms. The molecule has 0 bridgehead atoms. The molecular weight excluding hydrogens is 300 g/mol. The zero-order valence-corrected chi connectivity index (χ0v) is 13.0. The molecule has 1 aromatic heterocycles. The van der Waals surface area contributed by atoms with Gasteiger partial charge in [0.15, 0.2) is 0 Å². The molecule has 1 unspecified atom stereocenters. The van der Waals surface area contributed by atoms with E-state index in [1.807, 2.05) is 30.3 Å². The van der Waals surface area contributed by atoms with Gasteiger partial charge in [-0.3, -0.25) is 0 Å². The van der Waals surface area contributed by atoms with Crippen LogP contribution in [0.5, 0.6) is 0 Å². The van der Waals surface area contributed by atoms with Crippen LogP contribution in [-0.4, -0.2) is 34.8 Å². The van der Waals surface area contributed by atoms with E-state index in [0.29, 0.717) is 16.9 Å². The van der Waals surface area contributed by atoms with Crippen molar-refractivity contribution in [3.05, 3.63) is 47.1 Å². The first kappa shape index (κ1) is 15.1. The van der Waals surface area contributed by atoms with Gasteiger partial charge in [0, 0.05) is 19.2 Å². The summed E-state index contributed by atoms with van der Waals surface area (Å²) >= 11 is 6.12. The van der Waals surface area contributed by atoms with E-state index in [4.69, 9.17) is 11.6 Å². The van der Waals surface area contributed by atoms with Gasteiger partial charge in [-0.2, -0.15) is 4.98 Å². The van der Waals surface area contributed by atoms with Gasteiger partial charge in [0.1, 0.15) is 11.0 Å². The van der Waals surface area contributed by atoms with Crippen LogP contribution in [0.4, 0.5) is 11.8 Å². The van der Waals surface area contributed by atoms with Crippen molar-refractivity contribution in [2.24, 2.45) is 0 Å². The summed E-state index contributed by atoms with van der Waals surface area (Å²) in [5.41, 5.74) is 1.00. The number of aromatic nitrogens is 2. The predicted octanol–water partition coefficient (Wildman–Crippen LogP) is 2.88. The predicted molar refractivity (Wildman–Crippen MR) is 88.4 cm³/mol. The van der Waals surface area contributed by atoms with Crippen molar-refractivity contribution in [1.82, 2.24) is 9.97 Å². The van der Waals surface area contributed by atoms with Crippen molar-refractivity contribution in [3.8, 4) is 0 Å². The highest BCUT2D eigenvalue weighted by molar-refractivity contribution is 6.29.